The van der Waals surface area contributed by atoms with Gasteiger partial charge in [0.05, 0.1) is 7.05 Å². The summed E-state index contributed by atoms with van der Waals surface area (Å²) in [5.41, 5.74) is 0. The quantitative estimate of drug-likeness (QED) is 0.766. The summed E-state index contributed by atoms with van der Waals surface area (Å²) in [6.45, 7) is 1.74. The number of tetrazole rings is 1. The number of aryl methyl sites for hydroxylation is 1. The second-order valence-electron chi connectivity index (χ2n) is 4.24. The monoisotopic (exact) mass is 225 g/mol. The van der Waals surface area contributed by atoms with E-state index in [1.165, 1.54) is 4.80 Å². The maximum absolute atomic E-state index is 5.37. The van der Waals surface area contributed by atoms with Crippen molar-refractivity contribution in [1.82, 2.24) is 25.5 Å². The number of likely N-dealkylation sites (N-methyl/N-ethyl adjacent to an activating group) is 1. The summed E-state index contributed by atoms with van der Waals surface area (Å²) in [4.78, 5) is 1.51. The Morgan fingerprint density at radius 2 is 2.25 bits per heavy atom. The van der Waals surface area contributed by atoms with E-state index in [0.717, 1.165) is 38.3 Å². The molecule has 90 valence electrons. The molecule has 1 fully saturated rings. The molecule has 6 heteroatoms. The molecule has 2 rings (SSSR count). The highest BCUT2D eigenvalue weighted by Crippen LogP contribution is 2.20. The van der Waals surface area contributed by atoms with Crippen molar-refractivity contribution in [2.45, 2.75) is 25.3 Å². The number of rotatable bonds is 4. The number of hydrogen-bond acceptors (Lipinski definition) is 5. The molecule has 0 amide bonds. The van der Waals surface area contributed by atoms with E-state index in [-0.39, 0.29) is 0 Å². The highest BCUT2D eigenvalue weighted by atomic mass is 16.5. The lowest BCUT2D eigenvalue weighted by Gasteiger charge is -2.29. The first kappa shape index (κ1) is 11.5. The smallest absolute Gasteiger partial charge is 0.176 e. The van der Waals surface area contributed by atoms with Crippen molar-refractivity contribution < 1.29 is 4.74 Å². The maximum atomic E-state index is 5.37. The molecule has 0 bridgehead atoms. The Balaban J connectivity index is 1.94. The van der Waals surface area contributed by atoms with Crippen molar-refractivity contribution >= 4 is 0 Å². The minimum absolute atomic E-state index is 0.424. The molecule has 0 aromatic carbocycles. The fraction of sp³-hybridized carbons (Fsp3) is 0.900. The van der Waals surface area contributed by atoms with Crippen LogP contribution in [0.4, 0.5) is 0 Å². The van der Waals surface area contributed by atoms with Crippen molar-refractivity contribution in [1.29, 1.82) is 0 Å². The summed E-state index contributed by atoms with van der Waals surface area (Å²) < 4.78 is 5.37. The van der Waals surface area contributed by atoms with Crippen LogP contribution in [0.25, 0.3) is 0 Å². The number of ether oxygens (including phenoxy) is 1. The first-order valence-corrected chi connectivity index (χ1v) is 5.77. The molecule has 1 aromatic heterocycles. The fourth-order valence-corrected chi connectivity index (χ4v) is 2.22. The summed E-state index contributed by atoms with van der Waals surface area (Å²) in [6, 6.07) is 0.424. The summed E-state index contributed by atoms with van der Waals surface area (Å²) in [6.07, 6.45) is 3.08. The molecule has 0 saturated carbocycles. The molecule has 2 heterocycles. The first-order valence-electron chi connectivity index (χ1n) is 5.77. The Hall–Kier alpha value is -1.01. The minimum Gasteiger partial charge on any atom is -0.381 e. The Kier molecular flexibility index (Phi) is 3.84. The van der Waals surface area contributed by atoms with Gasteiger partial charge >= 0.3 is 0 Å². The van der Waals surface area contributed by atoms with Crippen LogP contribution in [0, 0.1) is 5.92 Å². The van der Waals surface area contributed by atoms with E-state index in [2.05, 4.69) is 20.7 Å². The highest BCUT2D eigenvalue weighted by Gasteiger charge is 2.24. The minimum atomic E-state index is 0.424. The second kappa shape index (κ2) is 5.36. The van der Waals surface area contributed by atoms with Crippen LogP contribution in [0.5, 0.6) is 0 Å². The zero-order valence-corrected chi connectivity index (χ0v) is 9.89. The molecule has 0 spiro atoms. The molecule has 1 aromatic rings. The van der Waals surface area contributed by atoms with Crippen LogP contribution < -0.4 is 5.32 Å². The summed E-state index contributed by atoms with van der Waals surface area (Å²) in [7, 11) is 3.79. The molecule has 1 saturated heterocycles. The van der Waals surface area contributed by atoms with Crippen LogP contribution in [0.3, 0.4) is 0 Å². The Labute approximate surface area is 95.4 Å². The maximum Gasteiger partial charge on any atom is 0.176 e. The van der Waals surface area contributed by atoms with E-state index >= 15 is 0 Å². The molecule has 1 aliphatic heterocycles. The molecule has 0 radical (unpaired) electrons. The molecule has 0 aliphatic carbocycles. The zero-order chi connectivity index (χ0) is 11.4. The van der Waals surface area contributed by atoms with E-state index in [4.69, 9.17) is 4.74 Å². The van der Waals surface area contributed by atoms with Gasteiger partial charge in [-0.3, -0.25) is 0 Å². The van der Waals surface area contributed by atoms with Gasteiger partial charge in [0, 0.05) is 25.7 Å². The van der Waals surface area contributed by atoms with Crippen molar-refractivity contribution in [3.05, 3.63) is 5.82 Å². The van der Waals surface area contributed by atoms with Gasteiger partial charge in [-0.15, -0.1) is 10.2 Å². The number of hydrogen-bond donors (Lipinski definition) is 1. The van der Waals surface area contributed by atoms with Gasteiger partial charge in [0.25, 0.3) is 0 Å². The summed E-state index contributed by atoms with van der Waals surface area (Å²) in [5.74, 6) is 1.47. The van der Waals surface area contributed by atoms with Crippen molar-refractivity contribution in [2.24, 2.45) is 13.0 Å². The van der Waals surface area contributed by atoms with Gasteiger partial charge in [-0.25, -0.2) is 0 Å². The Morgan fingerprint density at radius 3 is 2.81 bits per heavy atom. The fourth-order valence-electron chi connectivity index (χ4n) is 2.22. The largest absolute Gasteiger partial charge is 0.381 e. The standard InChI is InChI=1S/C10H19N5O/c1-11-9(8-3-5-16-6-4-8)7-10-12-14-15(2)13-10/h8-9,11H,3-7H2,1-2H3. The third-order valence-electron chi connectivity index (χ3n) is 3.16. The van der Waals surface area contributed by atoms with Gasteiger partial charge in [0.15, 0.2) is 5.82 Å². The van der Waals surface area contributed by atoms with Crippen molar-refractivity contribution in [3.63, 3.8) is 0 Å². The van der Waals surface area contributed by atoms with Crippen LogP contribution >= 0.6 is 0 Å². The predicted molar refractivity (Wildman–Crippen MR) is 58.9 cm³/mol. The average Bonchev–Trinajstić information content (AvgIpc) is 2.73. The van der Waals surface area contributed by atoms with Gasteiger partial charge in [0.1, 0.15) is 0 Å². The van der Waals surface area contributed by atoms with Crippen molar-refractivity contribution in [2.75, 3.05) is 20.3 Å². The van der Waals surface area contributed by atoms with Crippen LogP contribution in [0.1, 0.15) is 18.7 Å². The van der Waals surface area contributed by atoms with Crippen LogP contribution in [-0.4, -0.2) is 46.5 Å². The topological polar surface area (TPSA) is 64.9 Å². The third-order valence-corrected chi connectivity index (χ3v) is 3.16. The highest BCUT2D eigenvalue weighted by molar-refractivity contribution is 4.88. The number of aromatic nitrogens is 4. The number of nitrogens with one attached hydrogen (secondary N) is 1. The predicted octanol–water partition coefficient (Wildman–Crippen LogP) is -0.233. The molecule has 6 nitrogen and oxygen atoms in total. The molecule has 1 atom stereocenters. The molecular formula is C10H19N5O. The molecule has 1 unspecified atom stereocenters. The zero-order valence-electron chi connectivity index (χ0n) is 9.89. The molecule has 1 N–H and O–H groups in total. The van der Waals surface area contributed by atoms with Crippen molar-refractivity contribution in [3.8, 4) is 0 Å². The van der Waals surface area contributed by atoms with Crippen LogP contribution in [-0.2, 0) is 18.2 Å². The van der Waals surface area contributed by atoms with Crippen LogP contribution in [0.2, 0.25) is 0 Å². The summed E-state index contributed by atoms with van der Waals surface area (Å²) >= 11 is 0. The van der Waals surface area contributed by atoms with E-state index in [0.29, 0.717) is 12.0 Å². The Bertz CT molecular complexity index is 321. The molecule has 1 aliphatic rings. The van der Waals surface area contributed by atoms with Gasteiger partial charge < -0.3 is 10.1 Å². The normalized spacial score (nSPS) is 19.9. The van der Waals surface area contributed by atoms with E-state index in [9.17, 15) is 0 Å². The van der Waals surface area contributed by atoms with Gasteiger partial charge in [0.2, 0.25) is 0 Å². The second-order valence-corrected chi connectivity index (χ2v) is 4.24. The van der Waals surface area contributed by atoms with Crippen LogP contribution in [0.15, 0.2) is 0 Å². The van der Waals surface area contributed by atoms with Gasteiger partial charge in [-0.05, 0) is 31.0 Å². The lowest BCUT2D eigenvalue weighted by molar-refractivity contribution is 0.0545. The number of nitrogens with zero attached hydrogens (tertiary/aromatic N) is 4. The average molecular weight is 225 g/mol. The SMILES string of the molecule is CNC(Cc1nnn(C)n1)C1CCOCC1. The molecular weight excluding hydrogens is 206 g/mol. The molecule has 16 heavy (non-hydrogen) atoms. The summed E-state index contributed by atoms with van der Waals surface area (Å²) in [5, 5.41) is 15.5. The first-order chi connectivity index (χ1) is 7.79. The lowest BCUT2D eigenvalue weighted by atomic mass is 9.90. The third kappa shape index (κ3) is 2.76. The van der Waals surface area contributed by atoms with E-state index in [1.807, 2.05) is 7.05 Å². The Morgan fingerprint density at radius 1 is 1.50 bits per heavy atom. The lowest BCUT2D eigenvalue weighted by Crippen LogP contribution is -2.38. The van der Waals surface area contributed by atoms with Gasteiger partial charge in [-0.2, -0.15) is 4.80 Å². The van der Waals surface area contributed by atoms with Gasteiger partial charge in [-0.1, -0.05) is 0 Å². The van der Waals surface area contributed by atoms with E-state index in [1.54, 1.807) is 7.05 Å². The van der Waals surface area contributed by atoms with E-state index < -0.39 is 0 Å².